The van der Waals surface area contributed by atoms with Crippen molar-refractivity contribution in [2.75, 3.05) is 44.4 Å². The largest absolute Gasteiger partial charge is 0.477 e. The lowest BCUT2D eigenvalue weighted by molar-refractivity contribution is 0.0695. The highest BCUT2D eigenvalue weighted by Crippen LogP contribution is 2.50. The standard InChI is InChI=1S/C30H30F2N6O3/c1-33-22-10-21(31)26(32)24-17(22)9-23-25(24)27(38-7-5-6-16(13-38)36(2)3)19(12-34-23)15-8-18-28(39)20(30(40)41)14-37(4)29(18)35-11-15/h8,10-12,14,16,33H,5-7,9,13H2,1-4H3,(H,40,41)/t16-/m0/s1. The van der Waals surface area contributed by atoms with Crippen LogP contribution in [0.4, 0.5) is 20.2 Å². The van der Waals surface area contributed by atoms with E-state index in [-0.39, 0.29) is 22.6 Å². The van der Waals surface area contributed by atoms with E-state index in [2.05, 4.69) is 20.1 Å². The molecule has 1 aliphatic heterocycles. The number of aromatic nitrogens is 3. The first-order valence-corrected chi connectivity index (χ1v) is 13.5. The molecule has 3 aromatic heterocycles. The molecular weight excluding hydrogens is 530 g/mol. The summed E-state index contributed by atoms with van der Waals surface area (Å²) in [7, 11) is 7.36. The summed E-state index contributed by atoms with van der Waals surface area (Å²) >= 11 is 0. The van der Waals surface area contributed by atoms with Crippen molar-refractivity contribution in [3.8, 4) is 22.3 Å². The Bertz CT molecular complexity index is 1800. The van der Waals surface area contributed by atoms with Crippen LogP contribution in [-0.2, 0) is 13.5 Å². The third kappa shape index (κ3) is 4.22. The molecule has 1 aliphatic carbocycles. The van der Waals surface area contributed by atoms with Crippen molar-refractivity contribution >= 4 is 28.4 Å². The molecule has 2 aliphatic rings. The van der Waals surface area contributed by atoms with Crippen LogP contribution in [0.2, 0.25) is 0 Å². The van der Waals surface area contributed by atoms with Gasteiger partial charge in [0.2, 0.25) is 5.43 Å². The summed E-state index contributed by atoms with van der Waals surface area (Å²) in [6.07, 6.45) is 6.80. The average Bonchev–Trinajstić information content (AvgIpc) is 3.36. The Morgan fingerprint density at radius 3 is 2.66 bits per heavy atom. The van der Waals surface area contributed by atoms with Crippen molar-refractivity contribution in [3.63, 3.8) is 0 Å². The first-order valence-electron chi connectivity index (χ1n) is 13.5. The molecule has 0 spiro atoms. The number of aryl methyl sites for hydroxylation is 1. The third-order valence-electron chi connectivity index (χ3n) is 8.32. The molecule has 6 rings (SSSR count). The maximum absolute atomic E-state index is 15.6. The molecule has 1 fully saturated rings. The lowest BCUT2D eigenvalue weighted by Gasteiger charge is -2.39. The number of aromatic carboxylic acids is 1. The van der Waals surface area contributed by atoms with Crippen molar-refractivity contribution in [2.24, 2.45) is 7.05 Å². The summed E-state index contributed by atoms with van der Waals surface area (Å²) in [4.78, 5) is 38.5. The summed E-state index contributed by atoms with van der Waals surface area (Å²) in [6, 6.07) is 3.03. The molecule has 1 atom stereocenters. The average molecular weight is 561 g/mol. The van der Waals surface area contributed by atoms with Crippen LogP contribution < -0.4 is 15.6 Å². The van der Waals surface area contributed by atoms with Crippen molar-refractivity contribution in [1.82, 2.24) is 19.4 Å². The molecule has 41 heavy (non-hydrogen) atoms. The van der Waals surface area contributed by atoms with Crippen molar-refractivity contribution in [1.29, 1.82) is 0 Å². The zero-order valence-electron chi connectivity index (χ0n) is 23.3. The predicted octanol–water partition coefficient (Wildman–Crippen LogP) is 4.12. The number of anilines is 2. The fourth-order valence-corrected chi connectivity index (χ4v) is 6.22. The Balaban J connectivity index is 1.65. The number of nitrogens with one attached hydrogen (secondary N) is 1. The van der Waals surface area contributed by atoms with Crippen LogP contribution in [0.5, 0.6) is 0 Å². The smallest absolute Gasteiger partial charge is 0.341 e. The Hall–Kier alpha value is -4.38. The quantitative estimate of drug-likeness (QED) is 0.331. The predicted molar refractivity (Wildman–Crippen MR) is 154 cm³/mol. The number of likely N-dealkylation sites (N-methyl/N-ethyl adjacent to an activating group) is 1. The molecular formula is C30H30F2N6O3. The molecule has 4 aromatic rings. The fourth-order valence-electron chi connectivity index (χ4n) is 6.22. The Kier molecular flexibility index (Phi) is 6.49. The zero-order chi connectivity index (χ0) is 29.2. The Morgan fingerprint density at radius 1 is 1.17 bits per heavy atom. The minimum atomic E-state index is -1.32. The molecule has 0 unspecified atom stereocenters. The number of carbonyl (C=O) groups is 1. The van der Waals surface area contributed by atoms with Gasteiger partial charge < -0.3 is 24.8 Å². The molecule has 0 saturated carbocycles. The van der Waals surface area contributed by atoms with Gasteiger partial charge in [0.1, 0.15) is 11.2 Å². The van der Waals surface area contributed by atoms with Gasteiger partial charge in [-0.2, -0.15) is 0 Å². The van der Waals surface area contributed by atoms with Gasteiger partial charge >= 0.3 is 5.97 Å². The van der Waals surface area contributed by atoms with E-state index in [1.54, 1.807) is 32.6 Å². The van der Waals surface area contributed by atoms with E-state index < -0.39 is 23.0 Å². The summed E-state index contributed by atoms with van der Waals surface area (Å²) in [6.45, 7) is 1.36. The van der Waals surface area contributed by atoms with Crippen molar-refractivity contribution in [2.45, 2.75) is 25.3 Å². The van der Waals surface area contributed by atoms with Crippen molar-refractivity contribution in [3.05, 3.63) is 69.4 Å². The molecule has 9 nitrogen and oxygen atoms in total. The molecule has 0 bridgehead atoms. The molecule has 212 valence electrons. The number of piperidine rings is 1. The van der Waals surface area contributed by atoms with E-state index in [1.165, 1.54) is 16.8 Å². The van der Waals surface area contributed by atoms with Crippen LogP contribution in [-0.4, -0.2) is 70.8 Å². The maximum atomic E-state index is 15.6. The molecule has 0 radical (unpaired) electrons. The van der Waals surface area contributed by atoms with Gasteiger partial charge in [-0.15, -0.1) is 0 Å². The van der Waals surface area contributed by atoms with Crippen LogP contribution in [0.15, 0.2) is 35.5 Å². The number of benzene rings is 1. The first kappa shape index (κ1) is 26.8. The second kappa shape index (κ2) is 9.91. The highest BCUT2D eigenvalue weighted by atomic mass is 19.2. The van der Waals surface area contributed by atoms with Crippen LogP contribution in [0, 0.1) is 11.6 Å². The molecule has 11 heteroatoms. The lowest BCUT2D eigenvalue weighted by Crippen LogP contribution is -2.45. The van der Waals surface area contributed by atoms with Gasteiger partial charge in [-0.1, -0.05) is 0 Å². The number of halogens is 2. The monoisotopic (exact) mass is 560 g/mol. The van der Waals surface area contributed by atoms with Gasteiger partial charge in [0, 0.05) is 92.2 Å². The van der Waals surface area contributed by atoms with E-state index in [1.807, 2.05) is 14.1 Å². The summed E-state index contributed by atoms with van der Waals surface area (Å²) in [5.41, 5.74) is 3.72. The van der Waals surface area contributed by atoms with E-state index in [0.717, 1.165) is 12.8 Å². The summed E-state index contributed by atoms with van der Waals surface area (Å²) < 4.78 is 32.0. The van der Waals surface area contributed by atoms with E-state index in [4.69, 9.17) is 4.98 Å². The molecule has 0 amide bonds. The van der Waals surface area contributed by atoms with Crippen LogP contribution in [0.3, 0.4) is 0 Å². The molecule has 1 saturated heterocycles. The number of carboxylic acid groups (broad SMARTS) is 1. The lowest BCUT2D eigenvalue weighted by atomic mass is 9.95. The zero-order valence-corrected chi connectivity index (χ0v) is 23.3. The molecule has 4 heterocycles. The molecule has 2 N–H and O–H groups in total. The van der Waals surface area contributed by atoms with Gasteiger partial charge in [-0.25, -0.2) is 18.6 Å². The summed E-state index contributed by atoms with van der Waals surface area (Å²) in [5.74, 6) is -3.19. The van der Waals surface area contributed by atoms with Crippen LogP contribution in [0.25, 0.3) is 33.3 Å². The normalized spacial score (nSPS) is 16.3. The number of hydrogen-bond acceptors (Lipinski definition) is 7. The summed E-state index contributed by atoms with van der Waals surface area (Å²) in [5, 5.41) is 12.7. The van der Waals surface area contributed by atoms with E-state index in [0.29, 0.717) is 64.5 Å². The highest BCUT2D eigenvalue weighted by molar-refractivity contribution is 5.98. The van der Waals surface area contributed by atoms with Gasteiger partial charge in [0.25, 0.3) is 0 Å². The van der Waals surface area contributed by atoms with Gasteiger partial charge in [-0.3, -0.25) is 9.78 Å². The number of pyridine rings is 3. The van der Waals surface area contributed by atoms with E-state index >= 15 is 4.39 Å². The fraction of sp³-hybridized carbons (Fsp3) is 0.333. The van der Waals surface area contributed by atoms with Gasteiger partial charge in [0.15, 0.2) is 11.6 Å². The number of nitrogens with zero attached hydrogens (tertiary/aromatic N) is 5. The second-order valence-corrected chi connectivity index (χ2v) is 10.9. The number of carboxylic acids is 1. The van der Waals surface area contributed by atoms with Crippen molar-refractivity contribution < 1.29 is 18.7 Å². The topological polar surface area (TPSA) is 104 Å². The van der Waals surface area contributed by atoms with Gasteiger partial charge in [0.05, 0.1) is 16.8 Å². The Labute approximate surface area is 235 Å². The molecule has 1 aromatic carbocycles. The van der Waals surface area contributed by atoms with Crippen LogP contribution >= 0.6 is 0 Å². The maximum Gasteiger partial charge on any atom is 0.341 e. The first-order chi connectivity index (χ1) is 19.6. The van der Waals surface area contributed by atoms with Crippen LogP contribution in [0.1, 0.15) is 34.5 Å². The second-order valence-electron chi connectivity index (χ2n) is 10.9. The third-order valence-corrected chi connectivity index (χ3v) is 8.32. The Morgan fingerprint density at radius 2 is 1.95 bits per heavy atom. The number of fused-ring (bicyclic) bond motifs is 4. The van der Waals surface area contributed by atoms with Gasteiger partial charge in [-0.05, 0) is 38.6 Å². The minimum absolute atomic E-state index is 0.149. The minimum Gasteiger partial charge on any atom is -0.477 e. The highest BCUT2D eigenvalue weighted by Gasteiger charge is 2.35. The SMILES string of the molecule is CNc1cc(F)c(F)c2c1Cc1ncc(-c3cnc4c(c3)c(=O)c(C(=O)O)cn4C)c(N3CCC[C@H](N(C)C)C3)c1-2. The van der Waals surface area contributed by atoms with E-state index in [9.17, 15) is 19.1 Å². The number of rotatable bonds is 5. The number of hydrogen-bond donors (Lipinski definition) is 2.